The zero-order valence-electron chi connectivity index (χ0n) is 13.3. The molecule has 0 bridgehead atoms. The van der Waals surface area contributed by atoms with Gasteiger partial charge in [-0.15, -0.1) is 11.8 Å². The largest absolute Gasteiger partial charge is 0.346 e. The Hall–Kier alpha value is -1.38. The van der Waals surface area contributed by atoms with Crippen LogP contribution < -0.4 is 16.4 Å². The van der Waals surface area contributed by atoms with E-state index in [1.165, 1.54) is 0 Å². The molecule has 9 heteroatoms. The number of benzene rings is 1. The smallest absolute Gasteiger partial charge is 0.247 e. The highest BCUT2D eigenvalue weighted by Crippen LogP contribution is 2.35. The number of halogens is 3. The maximum absolute atomic E-state index is 12.4. The second kappa shape index (κ2) is 9.80. The number of rotatable bonds is 8. The van der Waals surface area contributed by atoms with Crippen LogP contribution in [0.15, 0.2) is 23.1 Å². The lowest BCUT2D eigenvalue weighted by Gasteiger charge is -2.16. The SMILES string of the molecule is CC(C)[C@H](N)C(=O)NCC(=O)Nc1cccc(Cl)c1SCC(F)F. The molecule has 0 aliphatic heterocycles. The van der Waals surface area contributed by atoms with Crippen molar-refractivity contribution in [2.24, 2.45) is 11.7 Å². The highest BCUT2D eigenvalue weighted by molar-refractivity contribution is 7.99. The van der Waals surface area contributed by atoms with Gasteiger partial charge in [0.25, 0.3) is 0 Å². The summed E-state index contributed by atoms with van der Waals surface area (Å²) in [7, 11) is 0. The zero-order chi connectivity index (χ0) is 18.3. The number of carbonyl (C=O) groups excluding carboxylic acids is 2. The fraction of sp³-hybridized carbons (Fsp3) is 0.467. The molecule has 4 N–H and O–H groups in total. The van der Waals surface area contributed by atoms with Crippen LogP contribution >= 0.6 is 23.4 Å². The summed E-state index contributed by atoms with van der Waals surface area (Å²) < 4.78 is 24.8. The Labute approximate surface area is 148 Å². The van der Waals surface area contributed by atoms with Crippen molar-refractivity contribution in [1.82, 2.24) is 5.32 Å². The molecule has 5 nitrogen and oxygen atoms in total. The lowest BCUT2D eigenvalue weighted by Crippen LogP contribution is -2.46. The minimum Gasteiger partial charge on any atom is -0.346 e. The molecule has 0 radical (unpaired) electrons. The number of hydrogen-bond acceptors (Lipinski definition) is 4. The third-order valence-corrected chi connectivity index (χ3v) is 4.61. The van der Waals surface area contributed by atoms with Gasteiger partial charge < -0.3 is 16.4 Å². The van der Waals surface area contributed by atoms with Gasteiger partial charge in [-0.2, -0.15) is 0 Å². The van der Waals surface area contributed by atoms with E-state index in [9.17, 15) is 18.4 Å². The molecule has 0 aliphatic rings. The summed E-state index contributed by atoms with van der Waals surface area (Å²) in [4.78, 5) is 24.0. The number of alkyl halides is 2. The van der Waals surface area contributed by atoms with Crippen LogP contribution in [0.2, 0.25) is 5.02 Å². The fourth-order valence-electron chi connectivity index (χ4n) is 1.68. The first-order valence-electron chi connectivity index (χ1n) is 7.25. The van der Waals surface area contributed by atoms with E-state index in [4.69, 9.17) is 17.3 Å². The number of anilines is 1. The van der Waals surface area contributed by atoms with Crippen LogP contribution in [-0.4, -0.2) is 36.6 Å². The van der Waals surface area contributed by atoms with E-state index >= 15 is 0 Å². The summed E-state index contributed by atoms with van der Waals surface area (Å²) in [6, 6.07) is 3.99. The average Bonchev–Trinajstić information content (AvgIpc) is 2.50. The Kier molecular flexibility index (Phi) is 8.44. The lowest BCUT2D eigenvalue weighted by molar-refractivity contribution is -0.125. The lowest BCUT2D eigenvalue weighted by atomic mass is 10.1. The summed E-state index contributed by atoms with van der Waals surface area (Å²) in [5.41, 5.74) is 6.00. The molecule has 0 spiro atoms. The first-order chi connectivity index (χ1) is 11.2. The molecule has 0 saturated heterocycles. The van der Waals surface area contributed by atoms with E-state index < -0.39 is 30.0 Å². The van der Waals surface area contributed by atoms with E-state index in [-0.39, 0.29) is 17.5 Å². The summed E-state index contributed by atoms with van der Waals surface area (Å²) >= 11 is 6.85. The van der Waals surface area contributed by atoms with Crippen molar-refractivity contribution in [3.63, 3.8) is 0 Å². The number of amides is 2. The van der Waals surface area contributed by atoms with Crippen molar-refractivity contribution in [2.45, 2.75) is 31.2 Å². The van der Waals surface area contributed by atoms with Crippen molar-refractivity contribution < 1.29 is 18.4 Å². The summed E-state index contributed by atoms with van der Waals surface area (Å²) in [5.74, 6) is -1.43. The second-order valence-corrected chi connectivity index (χ2v) is 6.79. The first-order valence-corrected chi connectivity index (χ1v) is 8.61. The van der Waals surface area contributed by atoms with Crippen molar-refractivity contribution in [3.05, 3.63) is 23.2 Å². The number of hydrogen-bond donors (Lipinski definition) is 3. The first kappa shape index (κ1) is 20.7. The summed E-state index contributed by atoms with van der Waals surface area (Å²) in [6.45, 7) is 3.32. The Morgan fingerprint density at radius 1 is 1.33 bits per heavy atom. The molecule has 0 heterocycles. The molecule has 134 valence electrons. The highest BCUT2D eigenvalue weighted by atomic mass is 35.5. The van der Waals surface area contributed by atoms with Crippen molar-refractivity contribution >= 4 is 40.9 Å². The predicted octanol–water partition coefficient (Wildman–Crippen LogP) is 2.74. The third kappa shape index (κ3) is 6.62. The van der Waals surface area contributed by atoms with Gasteiger partial charge >= 0.3 is 0 Å². The minimum atomic E-state index is -2.49. The topological polar surface area (TPSA) is 84.2 Å². The normalized spacial score (nSPS) is 12.3. The van der Waals surface area contributed by atoms with Crippen LogP contribution in [0.1, 0.15) is 13.8 Å². The van der Waals surface area contributed by atoms with Crippen LogP contribution in [0.5, 0.6) is 0 Å². The molecule has 1 rings (SSSR count). The van der Waals surface area contributed by atoms with E-state index in [1.54, 1.807) is 32.0 Å². The average molecular weight is 380 g/mol. The molecular formula is C15H20ClF2N3O2S. The summed E-state index contributed by atoms with van der Waals surface area (Å²) in [5, 5.41) is 5.25. The van der Waals surface area contributed by atoms with Crippen LogP contribution in [-0.2, 0) is 9.59 Å². The van der Waals surface area contributed by atoms with E-state index in [0.29, 0.717) is 10.6 Å². The van der Waals surface area contributed by atoms with Gasteiger partial charge in [0.05, 0.1) is 29.0 Å². The van der Waals surface area contributed by atoms with Crippen molar-refractivity contribution in [2.75, 3.05) is 17.6 Å². The van der Waals surface area contributed by atoms with Gasteiger partial charge in [-0.25, -0.2) is 8.78 Å². The second-order valence-electron chi connectivity index (χ2n) is 5.35. The fourth-order valence-corrected chi connectivity index (χ4v) is 2.79. The molecule has 0 aliphatic carbocycles. The van der Waals surface area contributed by atoms with Gasteiger partial charge in [-0.3, -0.25) is 9.59 Å². The van der Waals surface area contributed by atoms with Crippen LogP contribution in [0, 0.1) is 5.92 Å². The van der Waals surface area contributed by atoms with Crippen molar-refractivity contribution in [1.29, 1.82) is 0 Å². The quantitative estimate of drug-likeness (QED) is 0.606. The zero-order valence-corrected chi connectivity index (χ0v) is 14.9. The molecule has 1 aromatic rings. The van der Waals surface area contributed by atoms with Gasteiger partial charge in [0.1, 0.15) is 0 Å². The Morgan fingerprint density at radius 2 is 2.00 bits per heavy atom. The molecule has 1 atom stereocenters. The Morgan fingerprint density at radius 3 is 2.58 bits per heavy atom. The van der Waals surface area contributed by atoms with Gasteiger partial charge in [0.15, 0.2) is 0 Å². The maximum atomic E-state index is 12.4. The van der Waals surface area contributed by atoms with E-state index in [0.717, 1.165) is 11.8 Å². The molecule has 2 amide bonds. The van der Waals surface area contributed by atoms with Gasteiger partial charge in [0, 0.05) is 4.90 Å². The molecule has 24 heavy (non-hydrogen) atoms. The monoisotopic (exact) mass is 379 g/mol. The van der Waals surface area contributed by atoms with E-state index in [2.05, 4.69) is 10.6 Å². The number of nitrogens with one attached hydrogen (secondary N) is 2. The Balaban J connectivity index is 2.67. The minimum absolute atomic E-state index is 0.0571. The predicted molar refractivity (Wildman–Crippen MR) is 92.6 cm³/mol. The molecule has 0 unspecified atom stereocenters. The van der Waals surface area contributed by atoms with Crippen LogP contribution in [0.4, 0.5) is 14.5 Å². The molecular weight excluding hydrogens is 360 g/mol. The molecule has 0 saturated carbocycles. The molecule has 0 aromatic heterocycles. The van der Waals surface area contributed by atoms with Crippen LogP contribution in [0.3, 0.4) is 0 Å². The summed E-state index contributed by atoms with van der Waals surface area (Å²) in [6.07, 6.45) is -2.49. The standard InChI is InChI=1S/C15H20ClF2N3O2S/c1-8(2)13(19)15(23)20-6-12(22)21-10-5-3-4-9(16)14(10)24-7-11(17)18/h3-5,8,11,13H,6-7,19H2,1-2H3,(H,20,23)(H,21,22)/t13-/m0/s1. The maximum Gasteiger partial charge on any atom is 0.247 e. The van der Waals surface area contributed by atoms with E-state index in [1.807, 2.05) is 0 Å². The molecule has 0 fully saturated rings. The van der Waals surface area contributed by atoms with Crippen molar-refractivity contribution in [3.8, 4) is 0 Å². The number of nitrogens with two attached hydrogens (primary N) is 1. The third-order valence-electron chi connectivity index (χ3n) is 3.04. The Bertz CT molecular complexity index is 588. The van der Waals surface area contributed by atoms with Gasteiger partial charge in [-0.1, -0.05) is 31.5 Å². The van der Waals surface area contributed by atoms with Gasteiger partial charge in [-0.05, 0) is 18.1 Å². The molecule has 1 aromatic carbocycles. The van der Waals surface area contributed by atoms with Crippen LogP contribution in [0.25, 0.3) is 0 Å². The number of thioether (sulfide) groups is 1. The highest BCUT2D eigenvalue weighted by Gasteiger charge is 2.18. The number of carbonyl (C=O) groups is 2. The van der Waals surface area contributed by atoms with Gasteiger partial charge in [0.2, 0.25) is 18.2 Å².